The van der Waals surface area contributed by atoms with Gasteiger partial charge < -0.3 is 0 Å². The first-order chi connectivity index (χ1) is 8.68. The van der Waals surface area contributed by atoms with Gasteiger partial charge in [0.1, 0.15) is 0 Å². The molecule has 1 nitrogen and oxygen atoms in total. The van der Waals surface area contributed by atoms with E-state index in [2.05, 4.69) is 50.1 Å². The maximum atomic E-state index is 2.52. The van der Waals surface area contributed by atoms with E-state index in [9.17, 15) is 0 Å². The molecular weight excluding hydrogens is 218 g/mol. The van der Waals surface area contributed by atoms with Crippen molar-refractivity contribution in [2.45, 2.75) is 53.0 Å². The van der Waals surface area contributed by atoms with Crippen molar-refractivity contribution in [3.05, 3.63) is 35.4 Å². The normalized spacial score (nSPS) is 19.1. The fourth-order valence-electron chi connectivity index (χ4n) is 2.64. The van der Waals surface area contributed by atoms with Gasteiger partial charge in [0.05, 0.1) is 0 Å². The summed E-state index contributed by atoms with van der Waals surface area (Å²) in [5.74, 6) is 0.808. The Morgan fingerprint density at radius 3 is 2.56 bits per heavy atom. The fourth-order valence-corrected chi connectivity index (χ4v) is 2.64. The van der Waals surface area contributed by atoms with Crippen molar-refractivity contribution in [1.29, 1.82) is 0 Å². The molecular formula is C17H29N. The number of hydrogen-bond acceptors (Lipinski definition) is 1. The molecule has 18 heavy (non-hydrogen) atoms. The summed E-state index contributed by atoms with van der Waals surface area (Å²) >= 11 is 0. The third-order valence-corrected chi connectivity index (χ3v) is 3.70. The first kappa shape index (κ1) is 15.2. The molecule has 0 saturated heterocycles. The smallest absolute Gasteiger partial charge is 0.0348 e. The van der Waals surface area contributed by atoms with Gasteiger partial charge in [-0.05, 0) is 43.4 Å². The highest BCUT2D eigenvalue weighted by Crippen LogP contribution is 2.32. The quantitative estimate of drug-likeness (QED) is 0.749. The predicted octanol–water partition coefficient (Wildman–Crippen LogP) is 4.68. The van der Waals surface area contributed by atoms with E-state index in [0.29, 0.717) is 6.04 Å². The zero-order chi connectivity index (χ0) is 13.5. The van der Waals surface area contributed by atoms with Gasteiger partial charge in [-0.15, -0.1) is 0 Å². The van der Waals surface area contributed by atoms with Crippen molar-refractivity contribution in [2.24, 2.45) is 5.92 Å². The number of benzene rings is 1. The molecule has 1 aromatic rings. The average molecular weight is 247 g/mol. The Hall–Kier alpha value is -0.820. The first-order valence-corrected chi connectivity index (χ1v) is 7.46. The van der Waals surface area contributed by atoms with Gasteiger partial charge in [0, 0.05) is 12.6 Å². The Morgan fingerprint density at radius 1 is 1.22 bits per heavy atom. The lowest BCUT2D eigenvalue weighted by molar-refractivity contribution is 0.210. The number of hydrogen-bond donors (Lipinski definition) is 0. The Balaban J connectivity index is 0.000000771. The summed E-state index contributed by atoms with van der Waals surface area (Å²) < 4.78 is 0. The van der Waals surface area contributed by atoms with Crippen molar-refractivity contribution in [3.63, 3.8) is 0 Å². The molecule has 1 unspecified atom stereocenters. The van der Waals surface area contributed by atoms with Gasteiger partial charge in [-0.2, -0.15) is 0 Å². The van der Waals surface area contributed by atoms with E-state index >= 15 is 0 Å². The average Bonchev–Trinajstić information content (AvgIpc) is 2.40. The zero-order valence-corrected chi connectivity index (χ0v) is 12.7. The summed E-state index contributed by atoms with van der Waals surface area (Å²) in [6, 6.07) is 9.61. The Labute approximate surface area is 113 Å². The van der Waals surface area contributed by atoms with Crippen molar-refractivity contribution in [3.8, 4) is 0 Å². The van der Waals surface area contributed by atoms with E-state index in [1.165, 1.54) is 25.8 Å². The molecule has 1 aliphatic heterocycles. The molecule has 0 aliphatic carbocycles. The van der Waals surface area contributed by atoms with Gasteiger partial charge in [-0.3, -0.25) is 4.90 Å². The SMILES string of the molecule is CC.CC(C)CCC1c2ccccc2CCN1C. The van der Waals surface area contributed by atoms with Crippen LogP contribution in [-0.4, -0.2) is 18.5 Å². The Kier molecular flexibility index (Phi) is 6.42. The summed E-state index contributed by atoms with van der Waals surface area (Å²) in [6.45, 7) is 9.84. The third-order valence-electron chi connectivity index (χ3n) is 3.70. The van der Waals surface area contributed by atoms with Gasteiger partial charge in [-0.1, -0.05) is 52.0 Å². The van der Waals surface area contributed by atoms with Crippen LogP contribution in [0.3, 0.4) is 0 Å². The molecule has 0 N–H and O–H groups in total. The molecule has 1 heterocycles. The Morgan fingerprint density at radius 2 is 1.89 bits per heavy atom. The first-order valence-electron chi connectivity index (χ1n) is 7.46. The second-order valence-corrected chi connectivity index (χ2v) is 5.42. The lowest BCUT2D eigenvalue weighted by Gasteiger charge is -2.35. The maximum absolute atomic E-state index is 2.52. The van der Waals surface area contributed by atoms with E-state index in [4.69, 9.17) is 0 Å². The summed E-state index contributed by atoms with van der Waals surface area (Å²) in [6.07, 6.45) is 3.83. The maximum Gasteiger partial charge on any atom is 0.0348 e. The monoisotopic (exact) mass is 247 g/mol. The van der Waals surface area contributed by atoms with E-state index < -0.39 is 0 Å². The molecule has 0 amide bonds. The molecule has 0 saturated carbocycles. The number of fused-ring (bicyclic) bond motifs is 1. The minimum Gasteiger partial charge on any atom is -0.299 e. The van der Waals surface area contributed by atoms with Crippen LogP contribution in [0.1, 0.15) is 57.7 Å². The van der Waals surface area contributed by atoms with Crippen LogP contribution in [0.5, 0.6) is 0 Å². The van der Waals surface area contributed by atoms with Crippen LogP contribution in [0.4, 0.5) is 0 Å². The lowest BCUT2D eigenvalue weighted by Crippen LogP contribution is -2.32. The number of nitrogens with zero attached hydrogens (tertiary/aromatic N) is 1. The van der Waals surface area contributed by atoms with E-state index in [0.717, 1.165) is 5.92 Å². The van der Waals surface area contributed by atoms with Gasteiger partial charge in [-0.25, -0.2) is 0 Å². The molecule has 1 heteroatoms. The highest BCUT2D eigenvalue weighted by molar-refractivity contribution is 5.32. The summed E-state index contributed by atoms with van der Waals surface area (Å²) in [7, 11) is 2.26. The number of likely N-dealkylation sites (N-methyl/N-ethyl adjacent to an activating group) is 1. The minimum absolute atomic E-state index is 0.646. The molecule has 1 atom stereocenters. The molecule has 2 rings (SSSR count). The molecule has 1 aromatic carbocycles. The predicted molar refractivity (Wildman–Crippen MR) is 80.9 cm³/mol. The highest BCUT2D eigenvalue weighted by Gasteiger charge is 2.23. The van der Waals surface area contributed by atoms with Crippen LogP contribution >= 0.6 is 0 Å². The van der Waals surface area contributed by atoms with E-state index in [1.54, 1.807) is 11.1 Å². The van der Waals surface area contributed by atoms with Crippen LogP contribution < -0.4 is 0 Å². The zero-order valence-electron chi connectivity index (χ0n) is 12.7. The second kappa shape index (κ2) is 7.58. The molecule has 0 aromatic heterocycles. The standard InChI is InChI=1S/C15H23N.C2H6/c1-12(2)8-9-15-14-7-5-4-6-13(14)10-11-16(15)3;1-2/h4-7,12,15H,8-11H2,1-3H3;1-2H3. The van der Waals surface area contributed by atoms with Crippen LogP contribution in [0.25, 0.3) is 0 Å². The van der Waals surface area contributed by atoms with Crippen molar-refractivity contribution < 1.29 is 0 Å². The van der Waals surface area contributed by atoms with E-state index in [-0.39, 0.29) is 0 Å². The summed E-state index contributed by atoms with van der Waals surface area (Å²) in [5.41, 5.74) is 3.13. The molecule has 0 radical (unpaired) electrons. The van der Waals surface area contributed by atoms with Crippen molar-refractivity contribution in [1.82, 2.24) is 4.90 Å². The molecule has 0 bridgehead atoms. The topological polar surface area (TPSA) is 3.24 Å². The van der Waals surface area contributed by atoms with Gasteiger partial charge in [0.15, 0.2) is 0 Å². The third kappa shape index (κ3) is 3.84. The van der Waals surface area contributed by atoms with Crippen molar-refractivity contribution in [2.75, 3.05) is 13.6 Å². The highest BCUT2D eigenvalue weighted by atomic mass is 15.1. The van der Waals surface area contributed by atoms with Crippen LogP contribution in [-0.2, 0) is 6.42 Å². The molecule has 102 valence electrons. The van der Waals surface area contributed by atoms with Crippen LogP contribution in [0.15, 0.2) is 24.3 Å². The Bertz CT molecular complexity index is 343. The molecule has 0 fully saturated rings. The summed E-state index contributed by atoms with van der Waals surface area (Å²) in [4.78, 5) is 2.52. The second-order valence-electron chi connectivity index (χ2n) is 5.42. The van der Waals surface area contributed by atoms with Crippen molar-refractivity contribution >= 4 is 0 Å². The van der Waals surface area contributed by atoms with Gasteiger partial charge in [0.2, 0.25) is 0 Å². The summed E-state index contributed by atoms with van der Waals surface area (Å²) in [5, 5.41) is 0. The number of rotatable bonds is 3. The lowest BCUT2D eigenvalue weighted by atomic mass is 9.89. The minimum atomic E-state index is 0.646. The van der Waals surface area contributed by atoms with Gasteiger partial charge >= 0.3 is 0 Å². The van der Waals surface area contributed by atoms with Crippen LogP contribution in [0, 0.1) is 5.92 Å². The largest absolute Gasteiger partial charge is 0.299 e. The van der Waals surface area contributed by atoms with Gasteiger partial charge in [0.25, 0.3) is 0 Å². The molecule has 1 aliphatic rings. The van der Waals surface area contributed by atoms with E-state index in [1.807, 2.05) is 13.8 Å². The fraction of sp³-hybridized carbons (Fsp3) is 0.647. The van der Waals surface area contributed by atoms with Crippen LogP contribution in [0.2, 0.25) is 0 Å². The molecule has 0 spiro atoms.